The molecule has 4 N–H and O–H groups in total. The molecule has 104 valence electrons. The predicted molar refractivity (Wildman–Crippen MR) is 74.7 cm³/mol. The summed E-state index contributed by atoms with van der Waals surface area (Å²) in [6, 6.07) is 3.28. The van der Waals surface area contributed by atoms with Crippen LogP contribution in [0.4, 0.5) is 5.82 Å². The summed E-state index contributed by atoms with van der Waals surface area (Å²) in [7, 11) is 0. The van der Waals surface area contributed by atoms with Gasteiger partial charge >= 0.3 is 0 Å². The largest absolute Gasteiger partial charge is 0.346 e. The average Bonchev–Trinajstić information content (AvgIpc) is 2.45. The monoisotopic (exact) mass is 272 g/mol. The third kappa shape index (κ3) is 3.48. The zero-order valence-corrected chi connectivity index (χ0v) is 11.3. The molecule has 0 unspecified atom stereocenters. The number of amides is 1. The van der Waals surface area contributed by atoms with Crippen LogP contribution >= 0.6 is 0 Å². The highest BCUT2D eigenvalue weighted by atomic mass is 16.1. The van der Waals surface area contributed by atoms with Crippen molar-refractivity contribution in [3.63, 3.8) is 0 Å². The van der Waals surface area contributed by atoms with E-state index in [1.807, 2.05) is 6.92 Å². The second-order valence-electron chi connectivity index (χ2n) is 4.36. The number of hydrogen-bond donors (Lipinski definition) is 3. The van der Waals surface area contributed by atoms with Gasteiger partial charge in [0.2, 0.25) is 0 Å². The van der Waals surface area contributed by atoms with Gasteiger partial charge in [0.25, 0.3) is 5.91 Å². The smallest absolute Gasteiger partial charge is 0.251 e. The number of pyridine rings is 1. The first-order valence-corrected chi connectivity index (χ1v) is 6.09. The number of aryl methyl sites for hydroxylation is 2. The van der Waals surface area contributed by atoms with Crippen molar-refractivity contribution in [1.82, 2.24) is 20.3 Å². The van der Waals surface area contributed by atoms with E-state index in [0.717, 1.165) is 5.69 Å². The normalized spacial score (nSPS) is 10.2. The van der Waals surface area contributed by atoms with Crippen LogP contribution in [0, 0.1) is 13.8 Å². The molecular weight excluding hydrogens is 256 g/mol. The van der Waals surface area contributed by atoms with Crippen LogP contribution in [-0.2, 0) is 6.54 Å². The zero-order chi connectivity index (χ0) is 14.5. The van der Waals surface area contributed by atoms with Gasteiger partial charge in [-0.05, 0) is 26.0 Å². The minimum atomic E-state index is -0.214. The third-order valence-corrected chi connectivity index (χ3v) is 2.63. The minimum Gasteiger partial charge on any atom is -0.346 e. The molecule has 20 heavy (non-hydrogen) atoms. The molecule has 7 nitrogen and oxygen atoms in total. The molecule has 1 amide bonds. The first-order chi connectivity index (χ1) is 9.58. The highest BCUT2D eigenvalue weighted by Crippen LogP contribution is 2.09. The van der Waals surface area contributed by atoms with Gasteiger partial charge in [0, 0.05) is 17.5 Å². The molecule has 0 atom stereocenters. The maximum absolute atomic E-state index is 12.0. The van der Waals surface area contributed by atoms with Crippen molar-refractivity contribution in [1.29, 1.82) is 0 Å². The summed E-state index contributed by atoms with van der Waals surface area (Å²) in [4.78, 5) is 24.5. The summed E-state index contributed by atoms with van der Waals surface area (Å²) in [6.07, 6.45) is 3.30. The quantitative estimate of drug-likeness (QED) is 0.559. The molecule has 0 saturated carbocycles. The minimum absolute atomic E-state index is 0.214. The number of nitrogens with zero attached hydrogens (tertiary/aromatic N) is 3. The Balaban J connectivity index is 2.04. The Labute approximate surface area is 116 Å². The lowest BCUT2D eigenvalue weighted by Crippen LogP contribution is -2.24. The average molecular weight is 272 g/mol. The van der Waals surface area contributed by atoms with E-state index in [0.29, 0.717) is 29.3 Å². The lowest BCUT2D eigenvalue weighted by molar-refractivity contribution is 0.0950. The lowest BCUT2D eigenvalue weighted by Gasteiger charge is -2.07. The molecule has 2 aromatic heterocycles. The van der Waals surface area contributed by atoms with E-state index in [4.69, 9.17) is 5.84 Å². The SMILES string of the molecule is Cc1cnc(CNC(=O)c2cc(C)nc(NN)c2)cn1. The highest BCUT2D eigenvalue weighted by Gasteiger charge is 2.08. The number of hydrogen-bond acceptors (Lipinski definition) is 6. The topological polar surface area (TPSA) is 106 Å². The van der Waals surface area contributed by atoms with Crippen molar-refractivity contribution in [3.05, 3.63) is 47.2 Å². The number of carbonyl (C=O) groups is 1. The van der Waals surface area contributed by atoms with E-state index in [-0.39, 0.29) is 5.91 Å². The van der Waals surface area contributed by atoms with Gasteiger partial charge in [-0.15, -0.1) is 0 Å². The summed E-state index contributed by atoms with van der Waals surface area (Å²) in [5, 5.41) is 2.78. The number of nitrogen functional groups attached to an aromatic ring is 1. The summed E-state index contributed by atoms with van der Waals surface area (Å²) in [6.45, 7) is 3.97. The Hall–Kier alpha value is -2.54. The Kier molecular flexibility index (Phi) is 4.21. The van der Waals surface area contributed by atoms with Crippen molar-refractivity contribution in [2.75, 3.05) is 5.43 Å². The number of nitrogens with two attached hydrogens (primary N) is 1. The Morgan fingerprint density at radius 2 is 2.00 bits per heavy atom. The summed E-state index contributed by atoms with van der Waals surface area (Å²) in [5.41, 5.74) is 5.17. The number of carbonyl (C=O) groups excluding carboxylic acids is 1. The van der Waals surface area contributed by atoms with Crippen LogP contribution in [-0.4, -0.2) is 20.9 Å². The number of aromatic nitrogens is 3. The highest BCUT2D eigenvalue weighted by molar-refractivity contribution is 5.94. The van der Waals surface area contributed by atoms with Crippen LogP contribution in [0.25, 0.3) is 0 Å². The number of rotatable bonds is 4. The molecule has 0 fully saturated rings. The Morgan fingerprint density at radius 1 is 1.20 bits per heavy atom. The molecule has 2 rings (SSSR count). The molecule has 0 aliphatic rings. The van der Waals surface area contributed by atoms with Gasteiger partial charge in [-0.25, -0.2) is 10.8 Å². The number of hydrazine groups is 1. The molecule has 0 aromatic carbocycles. The fraction of sp³-hybridized carbons (Fsp3) is 0.231. The molecule has 2 aromatic rings. The first-order valence-electron chi connectivity index (χ1n) is 6.09. The van der Waals surface area contributed by atoms with Gasteiger partial charge in [0.1, 0.15) is 5.82 Å². The molecule has 0 aliphatic carbocycles. The van der Waals surface area contributed by atoms with E-state index >= 15 is 0 Å². The van der Waals surface area contributed by atoms with Crippen molar-refractivity contribution in [2.45, 2.75) is 20.4 Å². The van der Waals surface area contributed by atoms with Gasteiger partial charge in [-0.2, -0.15) is 0 Å². The van der Waals surface area contributed by atoms with Gasteiger partial charge in [-0.3, -0.25) is 14.8 Å². The molecule has 7 heteroatoms. The number of nitrogens with one attached hydrogen (secondary N) is 2. The van der Waals surface area contributed by atoms with E-state index < -0.39 is 0 Å². The van der Waals surface area contributed by atoms with Crippen LogP contribution in [0.5, 0.6) is 0 Å². The van der Waals surface area contributed by atoms with Gasteiger partial charge in [0.15, 0.2) is 0 Å². The number of anilines is 1. The van der Waals surface area contributed by atoms with Gasteiger partial charge in [-0.1, -0.05) is 0 Å². The fourth-order valence-corrected chi connectivity index (χ4v) is 1.66. The molecule has 0 saturated heterocycles. The van der Waals surface area contributed by atoms with E-state index in [2.05, 4.69) is 25.7 Å². The second-order valence-corrected chi connectivity index (χ2v) is 4.36. The maximum atomic E-state index is 12.0. The van der Waals surface area contributed by atoms with Crippen LogP contribution in [0.15, 0.2) is 24.5 Å². The van der Waals surface area contributed by atoms with Crippen molar-refractivity contribution >= 4 is 11.7 Å². The van der Waals surface area contributed by atoms with Crippen molar-refractivity contribution in [2.24, 2.45) is 5.84 Å². The van der Waals surface area contributed by atoms with E-state index in [1.165, 1.54) is 0 Å². The van der Waals surface area contributed by atoms with Crippen LogP contribution < -0.4 is 16.6 Å². The Bertz CT molecular complexity index is 611. The van der Waals surface area contributed by atoms with Crippen LogP contribution in [0.3, 0.4) is 0 Å². The van der Waals surface area contributed by atoms with Gasteiger partial charge < -0.3 is 10.7 Å². The van der Waals surface area contributed by atoms with E-state index in [1.54, 1.807) is 31.5 Å². The molecular formula is C13H16N6O. The maximum Gasteiger partial charge on any atom is 0.251 e. The van der Waals surface area contributed by atoms with Crippen molar-refractivity contribution < 1.29 is 4.79 Å². The third-order valence-electron chi connectivity index (χ3n) is 2.63. The molecule has 0 aliphatic heterocycles. The van der Waals surface area contributed by atoms with Crippen molar-refractivity contribution in [3.8, 4) is 0 Å². The molecule has 0 bridgehead atoms. The van der Waals surface area contributed by atoms with Crippen LogP contribution in [0.1, 0.15) is 27.4 Å². The summed E-state index contributed by atoms with van der Waals surface area (Å²) in [5.74, 6) is 5.54. The zero-order valence-electron chi connectivity index (χ0n) is 11.3. The van der Waals surface area contributed by atoms with Crippen LogP contribution in [0.2, 0.25) is 0 Å². The van der Waals surface area contributed by atoms with Gasteiger partial charge in [0.05, 0.1) is 24.1 Å². The summed E-state index contributed by atoms with van der Waals surface area (Å²) < 4.78 is 0. The lowest BCUT2D eigenvalue weighted by atomic mass is 10.2. The molecule has 0 spiro atoms. The Morgan fingerprint density at radius 3 is 2.65 bits per heavy atom. The standard InChI is InChI=1S/C13H16N6O/c1-8-3-10(4-12(18-8)19-14)13(20)17-7-11-6-15-9(2)5-16-11/h3-6H,7,14H2,1-2H3,(H,17,20)(H,18,19). The summed E-state index contributed by atoms with van der Waals surface area (Å²) >= 11 is 0. The first kappa shape index (κ1) is 13.9. The predicted octanol–water partition coefficient (Wildman–Crippen LogP) is 0.704. The molecule has 2 heterocycles. The van der Waals surface area contributed by atoms with E-state index in [9.17, 15) is 4.79 Å². The molecule has 0 radical (unpaired) electrons. The second kappa shape index (κ2) is 6.07. The fourth-order valence-electron chi connectivity index (χ4n) is 1.66.